The van der Waals surface area contributed by atoms with Gasteiger partial charge in [-0.15, -0.1) is 11.3 Å². The molecule has 2 aromatic rings. The number of carbonyl (C=O) groups excluding carboxylic acids is 1. The Labute approximate surface area is 129 Å². The summed E-state index contributed by atoms with van der Waals surface area (Å²) in [6.07, 6.45) is 1.05. The molecule has 4 N–H and O–H groups in total. The molecule has 4 nitrogen and oxygen atoms in total. The minimum atomic E-state index is -0.0829. The fourth-order valence-corrected chi connectivity index (χ4v) is 2.95. The molecular formula is C16H21N3OS. The Bertz CT molecular complexity index is 622. The molecule has 112 valence electrons. The smallest absolute Gasteiger partial charge is 0.253 e. The molecule has 0 spiro atoms. The Morgan fingerprint density at radius 1 is 1.19 bits per heavy atom. The van der Waals surface area contributed by atoms with E-state index in [1.807, 2.05) is 6.92 Å². The van der Waals surface area contributed by atoms with Crippen molar-refractivity contribution < 1.29 is 4.79 Å². The lowest BCUT2D eigenvalue weighted by Gasteiger charge is -2.12. The highest BCUT2D eigenvalue weighted by Gasteiger charge is 2.11. The third-order valence-electron chi connectivity index (χ3n) is 3.14. The summed E-state index contributed by atoms with van der Waals surface area (Å²) in [4.78, 5) is 14.7. The van der Waals surface area contributed by atoms with Crippen LogP contribution in [0.4, 0.5) is 11.4 Å². The fraction of sp³-hybridized carbons (Fsp3) is 0.312. The SMILES string of the molecule is CCNC(=O)c1ccc(N)cc1NCc1ccc(CC)s1. The maximum atomic E-state index is 12.0. The Morgan fingerprint density at radius 2 is 1.95 bits per heavy atom. The van der Waals surface area contributed by atoms with Crippen LogP contribution in [0.25, 0.3) is 0 Å². The first-order chi connectivity index (χ1) is 10.1. The molecule has 1 aromatic carbocycles. The number of amides is 1. The zero-order valence-electron chi connectivity index (χ0n) is 12.4. The van der Waals surface area contributed by atoms with Crippen molar-refractivity contribution in [3.8, 4) is 0 Å². The van der Waals surface area contributed by atoms with Crippen molar-refractivity contribution in [2.75, 3.05) is 17.6 Å². The number of hydrogen-bond donors (Lipinski definition) is 3. The number of thiophene rings is 1. The van der Waals surface area contributed by atoms with Crippen LogP contribution in [-0.2, 0) is 13.0 Å². The van der Waals surface area contributed by atoms with Gasteiger partial charge in [-0.3, -0.25) is 4.79 Å². The number of anilines is 2. The van der Waals surface area contributed by atoms with E-state index in [0.29, 0.717) is 24.3 Å². The van der Waals surface area contributed by atoms with E-state index < -0.39 is 0 Å². The molecule has 1 amide bonds. The van der Waals surface area contributed by atoms with E-state index in [9.17, 15) is 4.79 Å². The second-order valence-electron chi connectivity index (χ2n) is 4.74. The second kappa shape index (κ2) is 7.13. The highest BCUT2D eigenvalue weighted by Crippen LogP contribution is 2.22. The van der Waals surface area contributed by atoms with Gasteiger partial charge in [-0.05, 0) is 43.7 Å². The largest absolute Gasteiger partial charge is 0.399 e. The summed E-state index contributed by atoms with van der Waals surface area (Å²) in [5.74, 6) is -0.0829. The maximum Gasteiger partial charge on any atom is 0.253 e. The van der Waals surface area contributed by atoms with Crippen molar-refractivity contribution in [3.63, 3.8) is 0 Å². The fourth-order valence-electron chi connectivity index (χ4n) is 2.05. The Balaban J connectivity index is 2.14. The normalized spacial score (nSPS) is 10.4. The molecule has 5 heteroatoms. The van der Waals surface area contributed by atoms with Crippen LogP contribution in [0.3, 0.4) is 0 Å². The van der Waals surface area contributed by atoms with Crippen molar-refractivity contribution >= 4 is 28.6 Å². The predicted molar refractivity (Wildman–Crippen MR) is 89.9 cm³/mol. The Kier molecular flexibility index (Phi) is 5.22. The number of nitrogens with two attached hydrogens (primary N) is 1. The molecule has 0 unspecified atom stereocenters. The minimum Gasteiger partial charge on any atom is -0.399 e. The quantitative estimate of drug-likeness (QED) is 0.718. The van der Waals surface area contributed by atoms with Crippen LogP contribution < -0.4 is 16.4 Å². The van der Waals surface area contributed by atoms with Crippen LogP contribution >= 0.6 is 11.3 Å². The molecule has 0 saturated heterocycles. The van der Waals surface area contributed by atoms with E-state index in [-0.39, 0.29) is 5.91 Å². The van der Waals surface area contributed by atoms with Gasteiger partial charge in [0.25, 0.3) is 5.91 Å². The molecule has 0 radical (unpaired) electrons. The van der Waals surface area contributed by atoms with Crippen LogP contribution in [0.15, 0.2) is 30.3 Å². The van der Waals surface area contributed by atoms with Gasteiger partial charge in [0, 0.05) is 34.2 Å². The molecule has 21 heavy (non-hydrogen) atoms. The molecule has 0 bridgehead atoms. The highest BCUT2D eigenvalue weighted by atomic mass is 32.1. The van der Waals surface area contributed by atoms with Crippen LogP contribution in [0, 0.1) is 0 Å². The zero-order chi connectivity index (χ0) is 15.2. The third-order valence-corrected chi connectivity index (χ3v) is 4.37. The molecule has 0 atom stereocenters. The van der Waals surface area contributed by atoms with E-state index in [1.165, 1.54) is 9.75 Å². The molecule has 0 saturated carbocycles. The van der Waals surface area contributed by atoms with Crippen LogP contribution in [0.1, 0.15) is 34.0 Å². The first-order valence-electron chi connectivity index (χ1n) is 7.13. The molecule has 1 aromatic heterocycles. The average molecular weight is 303 g/mol. The van der Waals surface area contributed by atoms with Gasteiger partial charge >= 0.3 is 0 Å². The lowest BCUT2D eigenvalue weighted by molar-refractivity contribution is 0.0956. The van der Waals surface area contributed by atoms with Gasteiger partial charge in [0.2, 0.25) is 0 Å². The number of carbonyl (C=O) groups is 1. The second-order valence-corrected chi connectivity index (χ2v) is 5.99. The Morgan fingerprint density at radius 3 is 2.62 bits per heavy atom. The minimum absolute atomic E-state index is 0.0829. The van der Waals surface area contributed by atoms with Gasteiger partial charge in [0.15, 0.2) is 0 Å². The maximum absolute atomic E-state index is 12.0. The summed E-state index contributed by atoms with van der Waals surface area (Å²) in [5.41, 5.74) is 7.87. The van der Waals surface area contributed by atoms with Crippen molar-refractivity contribution in [1.82, 2.24) is 5.32 Å². The molecule has 0 aliphatic heterocycles. The van der Waals surface area contributed by atoms with E-state index >= 15 is 0 Å². The molecule has 0 aliphatic carbocycles. The van der Waals surface area contributed by atoms with E-state index in [1.54, 1.807) is 29.5 Å². The number of nitrogens with one attached hydrogen (secondary N) is 2. The van der Waals surface area contributed by atoms with E-state index in [0.717, 1.165) is 12.1 Å². The summed E-state index contributed by atoms with van der Waals surface area (Å²) < 4.78 is 0. The summed E-state index contributed by atoms with van der Waals surface area (Å²) >= 11 is 1.79. The molecule has 0 fully saturated rings. The molecule has 0 aliphatic rings. The summed E-state index contributed by atoms with van der Waals surface area (Å²) in [7, 11) is 0. The number of aryl methyl sites for hydroxylation is 1. The summed E-state index contributed by atoms with van der Waals surface area (Å²) in [5, 5.41) is 6.13. The van der Waals surface area contributed by atoms with Gasteiger partial charge in [0.05, 0.1) is 5.56 Å². The van der Waals surface area contributed by atoms with Crippen LogP contribution in [0.2, 0.25) is 0 Å². The Hall–Kier alpha value is -2.01. The third kappa shape index (κ3) is 3.98. The predicted octanol–water partition coefficient (Wildman–Crippen LogP) is 3.25. The van der Waals surface area contributed by atoms with Crippen molar-refractivity contribution in [3.05, 3.63) is 45.6 Å². The number of benzene rings is 1. The van der Waals surface area contributed by atoms with Gasteiger partial charge in [-0.1, -0.05) is 6.92 Å². The number of hydrogen-bond acceptors (Lipinski definition) is 4. The van der Waals surface area contributed by atoms with Crippen molar-refractivity contribution in [2.45, 2.75) is 26.8 Å². The van der Waals surface area contributed by atoms with E-state index in [2.05, 4.69) is 29.7 Å². The molecule has 2 rings (SSSR count). The lowest BCUT2D eigenvalue weighted by Crippen LogP contribution is -2.23. The number of nitrogen functional groups attached to an aromatic ring is 1. The van der Waals surface area contributed by atoms with Gasteiger partial charge in [0.1, 0.15) is 0 Å². The molecular weight excluding hydrogens is 282 g/mol. The average Bonchev–Trinajstić information content (AvgIpc) is 2.93. The van der Waals surface area contributed by atoms with Crippen LogP contribution in [0.5, 0.6) is 0 Å². The monoisotopic (exact) mass is 303 g/mol. The summed E-state index contributed by atoms with van der Waals surface area (Å²) in [6.45, 7) is 5.35. The van der Waals surface area contributed by atoms with Crippen molar-refractivity contribution in [1.29, 1.82) is 0 Å². The standard InChI is InChI=1S/C16H21N3OS/c1-3-12-6-7-13(21-12)10-19-15-9-11(17)5-8-14(15)16(20)18-4-2/h5-9,19H,3-4,10,17H2,1-2H3,(H,18,20). The van der Waals surface area contributed by atoms with E-state index in [4.69, 9.17) is 5.73 Å². The summed E-state index contributed by atoms with van der Waals surface area (Å²) in [6, 6.07) is 9.57. The van der Waals surface area contributed by atoms with Gasteiger partial charge in [-0.2, -0.15) is 0 Å². The number of rotatable bonds is 6. The molecule has 1 heterocycles. The lowest BCUT2D eigenvalue weighted by atomic mass is 10.1. The van der Waals surface area contributed by atoms with Gasteiger partial charge in [-0.25, -0.2) is 0 Å². The van der Waals surface area contributed by atoms with Gasteiger partial charge < -0.3 is 16.4 Å². The first-order valence-corrected chi connectivity index (χ1v) is 7.94. The first kappa shape index (κ1) is 15.4. The zero-order valence-corrected chi connectivity index (χ0v) is 13.2. The van der Waals surface area contributed by atoms with Crippen LogP contribution in [-0.4, -0.2) is 12.5 Å². The van der Waals surface area contributed by atoms with Crippen molar-refractivity contribution in [2.24, 2.45) is 0 Å². The highest BCUT2D eigenvalue weighted by molar-refractivity contribution is 7.12. The topological polar surface area (TPSA) is 67.2 Å².